The fourth-order valence-corrected chi connectivity index (χ4v) is 9.38. The van der Waals surface area contributed by atoms with Crippen LogP contribution in [0.3, 0.4) is 0 Å². The van der Waals surface area contributed by atoms with Crippen LogP contribution in [0.1, 0.15) is 72.0 Å². The Bertz CT molecular complexity index is 1880. The molecule has 7 rings (SSSR count). The van der Waals surface area contributed by atoms with Crippen molar-refractivity contribution in [2.24, 2.45) is 5.92 Å². The first kappa shape index (κ1) is 34.7. The number of fused-ring (bicyclic) bond motifs is 6. The van der Waals surface area contributed by atoms with Crippen LogP contribution < -0.4 is 20.5 Å². The molecule has 0 saturated heterocycles. The van der Waals surface area contributed by atoms with E-state index in [1.54, 1.807) is 14.2 Å². The Hall–Kier alpha value is -3.72. The van der Waals surface area contributed by atoms with E-state index >= 15 is 0 Å². The van der Waals surface area contributed by atoms with Gasteiger partial charge >= 0.3 is 0 Å². The molecule has 50 heavy (non-hydrogen) atoms. The molecule has 3 N–H and O–H groups in total. The number of carbonyl (C=O) groups excluding carboxylic acids is 1. The van der Waals surface area contributed by atoms with Gasteiger partial charge in [0.25, 0.3) is 0 Å². The van der Waals surface area contributed by atoms with Gasteiger partial charge in [-0.2, -0.15) is 11.8 Å². The number of aromatic nitrogens is 1. The van der Waals surface area contributed by atoms with Crippen molar-refractivity contribution in [3.8, 4) is 11.5 Å². The summed E-state index contributed by atoms with van der Waals surface area (Å²) in [6.45, 7) is 2.64. The minimum absolute atomic E-state index is 0.141. The van der Waals surface area contributed by atoms with Gasteiger partial charge in [-0.05, 0) is 97.4 Å². The molecule has 0 radical (unpaired) electrons. The van der Waals surface area contributed by atoms with E-state index in [1.165, 1.54) is 27.8 Å². The van der Waals surface area contributed by atoms with Crippen molar-refractivity contribution < 1.29 is 14.3 Å². The van der Waals surface area contributed by atoms with Crippen molar-refractivity contribution in [2.45, 2.75) is 56.9 Å². The summed E-state index contributed by atoms with van der Waals surface area (Å²) in [6.07, 6.45) is 9.03. The number of anilines is 1. The quantitative estimate of drug-likeness (QED) is 0.107. The minimum atomic E-state index is 0.141. The number of nitrogen functional groups attached to an aromatic ring is 1. The molecular formula is C41H47ClN4O3S. The Balaban J connectivity index is 0.855. The lowest BCUT2D eigenvalue weighted by Gasteiger charge is -2.38. The van der Waals surface area contributed by atoms with Crippen LogP contribution >= 0.6 is 23.4 Å². The lowest BCUT2D eigenvalue weighted by molar-refractivity contribution is -0.120. The summed E-state index contributed by atoms with van der Waals surface area (Å²) in [5.41, 5.74) is 16.2. The van der Waals surface area contributed by atoms with E-state index < -0.39 is 0 Å². The molecule has 1 amide bonds. The van der Waals surface area contributed by atoms with E-state index in [0.29, 0.717) is 29.8 Å². The van der Waals surface area contributed by atoms with Gasteiger partial charge in [0.1, 0.15) is 0 Å². The summed E-state index contributed by atoms with van der Waals surface area (Å²) in [5, 5.41) is 4.86. The van der Waals surface area contributed by atoms with Gasteiger partial charge in [-0.1, -0.05) is 53.6 Å². The number of nitrogens with one attached hydrogen (secondary N) is 1. The molecule has 262 valence electrons. The number of benzene rings is 3. The maximum atomic E-state index is 12.7. The summed E-state index contributed by atoms with van der Waals surface area (Å²) in [6, 6.07) is 21.0. The molecule has 9 heteroatoms. The lowest BCUT2D eigenvalue weighted by atomic mass is 9.70. The van der Waals surface area contributed by atoms with Crippen molar-refractivity contribution in [3.63, 3.8) is 0 Å². The topological polar surface area (TPSA) is 89.7 Å². The summed E-state index contributed by atoms with van der Waals surface area (Å²) in [7, 11) is 3.39. The van der Waals surface area contributed by atoms with Crippen LogP contribution in [0.2, 0.25) is 5.02 Å². The first-order valence-corrected chi connectivity index (χ1v) is 19.4. The number of thioether (sulfide) groups is 1. The molecule has 0 saturated carbocycles. The molecule has 3 atom stereocenters. The first-order chi connectivity index (χ1) is 24.4. The zero-order valence-electron chi connectivity index (χ0n) is 29.1. The highest BCUT2D eigenvalue weighted by Gasteiger charge is 2.34. The molecule has 3 aliphatic rings. The van der Waals surface area contributed by atoms with E-state index in [-0.39, 0.29) is 11.9 Å². The molecular weight excluding hydrogens is 664 g/mol. The third-order valence-corrected chi connectivity index (χ3v) is 11.8. The smallest absolute Gasteiger partial charge is 0.220 e. The molecule has 7 nitrogen and oxygen atoms in total. The van der Waals surface area contributed by atoms with Crippen LogP contribution in [0.5, 0.6) is 11.5 Å². The Morgan fingerprint density at radius 1 is 1.06 bits per heavy atom. The van der Waals surface area contributed by atoms with Crippen LogP contribution in [0, 0.1) is 5.92 Å². The number of halogens is 1. The summed E-state index contributed by atoms with van der Waals surface area (Å²) >= 11 is 8.10. The number of ether oxygens (including phenoxy) is 2. The zero-order valence-corrected chi connectivity index (χ0v) is 30.6. The lowest BCUT2D eigenvalue weighted by Crippen LogP contribution is -2.37. The van der Waals surface area contributed by atoms with Crippen molar-refractivity contribution in [3.05, 3.63) is 105 Å². The van der Waals surface area contributed by atoms with Gasteiger partial charge < -0.3 is 20.5 Å². The molecule has 3 aromatic carbocycles. The number of hydrogen-bond donors (Lipinski definition) is 2. The standard InChI is InChI=1S/C41H47ClN4O3S/c1-48-36-23-29-12-15-46(41(28-8-4-3-5-9-28)33(29)25-37(36)49-2)16-18-50-17-13-38(47)44-14-6-7-26-19-27-21-30(20-26)39-35(22-27)45-34-24-31(42)10-11-32(34)40(39)43/h3-5,8-11,19,23-25,27,30,41H,6-7,12-18,20-22H2,1-2H3,(H2,43,45)(H,44,47)/t27-,30-,41?/m0/s1. The van der Waals surface area contributed by atoms with Crippen LogP contribution in [-0.4, -0.2) is 61.2 Å². The first-order valence-electron chi connectivity index (χ1n) is 17.9. The van der Waals surface area contributed by atoms with Crippen LogP contribution in [0.15, 0.2) is 72.3 Å². The molecule has 4 aromatic rings. The monoisotopic (exact) mass is 710 g/mol. The second-order valence-electron chi connectivity index (χ2n) is 13.8. The van der Waals surface area contributed by atoms with Gasteiger partial charge in [-0.25, -0.2) is 0 Å². The number of nitrogens with zero attached hydrogens (tertiary/aromatic N) is 2. The number of pyridine rings is 1. The van der Waals surface area contributed by atoms with Gasteiger partial charge in [0.2, 0.25) is 5.91 Å². The van der Waals surface area contributed by atoms with Gasteiger partial charge in [0.15, 0.2) is 11.5 Å². The predicted octanol–water partition coefficient (Wildman–Crippen LogP) is 8.13. The number of nitrogens with two attached hydrogens (primary N) is 1. The molecule has 2 bridgehead atoms. The minimum Gasteiger partial charge on any atom is -0.493 e. The maximum absolute atomic E-state index is 12.7. The Labute approximate surface area is 305 Å². The third-order valence-electron chi connectivity index (χ3n) is 10.6. The van der Waals surface area contributed by atoms with Gasteiger partial charge in [0, 0.05) is 64.9 Å². The number of hydrogen-bond acceptors (Lipinski definition) is 7. The Kier molecular flexibility index (Phi) is 10.9. The zero-order chi connectivity index (χ0) is 34.6. The van der Waals surface area contributed by atoms with Gasteiger partial charge in [0.05, 0.1) is 25.8 Å². The number of allylic oxidation sites excluding steroid dienone is 2. The average molecular weight is 711 g/mol. The summed E-state index contributed by atoms with van der Waals surface area (Å²) in [5.74, 6) is 4.40. The third kappa shape index (κ3) is 7.48. The number of methoxy groups -OCH3 is 2. The van der Waals surface area contributed by atoms with E-state index in [0.717, 1.165) is 96.9 Å². The average Bonchev–Trinajstić information content (AvgIpc) is 3.12. The van der Waals surface area contributed by atoms with Gasteiger partial charge in [-0.3, -0.25) is 14.7 Å². The Morgan fingerprint density at radius 2 is 1.88 bits per heavy atom. The molecule has 0 fully saturated rings. The number of carbonyl (C=O) groups is 1. The normalized spacial score (nSPS) is 19.7. The maximum Gasteiger partial charge on any atom is 0.220 e. The van der Waals surface area contributed by atoms with Gasteiger partial charge in [-0.15, -0.1) is 0 Å². The summed E-state index contributed by atoms with van der Waals surface area (Å²) in [4.78, 5) is 20.3. The van der Waals surface area contributed by atoms with E-state index in [1.807, 2.05) is 30.0 Å². The van der Waals surface area contributed by atoms with E-state index in [9.17, 15) is 4.79 Å². The molecule has 1 aliphatic heterocycles. The van der Waals surface area contributed by atoms with Crippen LogP contribution in [0.4, 0.5) is 5.69 Å². The fraction of sp³-hybridized carbons (Fsp3) is 0.415. The molecule has 1 aromatic heterocycles. The Morgan fingerprint density at radius 3 is 2.70 bits per heavy atom. The van der Waals surface area contributed by atoms with E-state index in [4.69, 9.17) is 31.8 Å². The van der Waals surface area contributed by atoms with Crippen LogP contribution in [0.25, 0.3) is 10.9 Å². The predicted molar refractivity (Wildman–Crippen MR) is 206 cm³/mol. The van der Waals surface area contributed by atoms with Crippen LogP contribution in [-0.2, 0) is 17.6 Å². The highest BCUT2D eigenvalue weighted by molar-refractivity contribution is 7.99. The molecule has 2 heterocycles. The van der Waals surface area contributed by atoms with Crippen molar-refractivity contribution in [2.75, 3.05) is 51.1 Å². The molecule has 0 spiro atoms. The number of rotatable bonds is 13. The second kappa shape index (κ2) is 15.7. The molecule has 1 unspecified atom stereocenters. The van der Waals surface area contributed by atoms with Crippen molar-refractivity contribution >= 4 is 45.9 Å². The number of amides is 1. The fourth-order valence-electron chi connectivity index (χ4n) is 8.32. The second-order valence-corrected chi connectivity index (χ2v) is 15.5. The summed E-state index contributed by atoms with van der Waals surface area (Å²) < 4.78 is 11.3. The van der Waals surface area contributed by atoms with Crippen molar-refractivity contribution in [1.82, 2.24) is 15.2 Å². The largest absolute Gasteiger partial charge is 0.493 e. The molecule has 2 aliphatic carbocycles. The highest BCUT2D eigenvalue weighted by Crippen LogP contribution is 2.47. The van der Waals surface area contributed by atoms with Crippen molar-refractivity contribution in [1.29, 1.82) is 0 Å². The SMILES string of the molecule is COc1cc2c(cc1OC)C(c1ccccc1)N(CCSCCC(=O)NCCCC1=C[C@@H]3Cc4nc5cc(Cl)ccc5c(N)c4[C@@H](C1)C3)CC2. The van der Waals surface area contributed by atoms with E-state index in [2.05, 4.69) is 58.8 Å². The highest BCUT2D eigenvalue weighted by atomic mass is 35.5.